The van der Waals surface area contributed by atoms with E-state index in [9.17, 15) is 0 Å². The fraction of sp³-hybridized carbons (Fsp3) is 0.667. The second-order valence-corrected chi connectivity index (χ2v) is 3.09. The first-order chi connectivity index (χ1) is 4.97. The largest absolute Gasteiger partial charge is 0.349 e. The predicted molar refractivity (Wildman–Crippen MR) is 43.0 cm³/mol. The van der Waals surface area contributed by atoms with E-state index >= 15 is 0 Å². The van der Waals surface area contributed by atoms with Gasteiger partial charge < -0.3 is 4.74 Å². The first kappa shape index (κ1) is 6.37. The van der Waals surface area contributed by atoms with E-state index in [0.29, 0.717) is 6.61 Å². The van der Waals surface area contributed by atoms with Crippen molar-refractivity contribution in [1.82, 2.24) is 0 Å². The van der Waals surface area contributed by atoms with Crippen molar-refractivity contribution in [1.29, 1.82) is 0 Å². The molecule has 2 aliphatic rings. The Morgan fingerprint density at radius 3 is 3.10 bits per heavy atom. The summed E-state index contributed by atoms with van der Waals surface area (Å²) < 4.78 is 5.29. The van der Waals surface area contributed by atoms with Gasteiger partial charge >= 0.3 is 0 Å². The summed E-state index contributed by atoms with van der Waals surface area (Å²) in [6.07, 6.45) is 1.81. The van der Waals surface area contributed by atoms with Crippen molar-refractivity contribution in [2.24, 2.45) is 9.98 Å². The second kappa shape index (κ2) is 2.72. The number of hydrogen-bond acceptors (Lipinski definition) is 4. The standard InChI is InChI=1S/C6H8N2OS/c1-2-9-6(7-1)5-3-10-4-8-5/h1,4-6H,2-3H2. The van der Waals surface area contributed by atoms with Crippen LogP contribution in [0.4, 0.5) is 0 Å². The molecule has 0 aromatic rings. The lowest BCUT2D eigenvalue weighted by Gasteiger charge is -2.10. The molecule has 4 heteroatoms. The van der Waals surface area contributed by atoms with Gasteiger partial charge in [0, 0.05) is 12.0 Å². The van der Waals surface area contributed by atoms with Crippen LogP contribution in [-0.2, 0) is 4.74 Å². The van der Waals surface area contributed by atoms with E-state index in [1.54, 1.807) is 11.8 Å². The molecule has 0 aliphatic carbocycles. The van der Waals surface area contributed by atoms with Gasteiger partial charge in [0.15, 0.2) is 6.23 Å². The van der Waals surface area contributed by atoms with E-state index in [0.717, 1.165) is 5.75 Å². The molecule has 0 aromatic heterocycles. The molecule has 2 heterocycles. The average molecular weight is 156 g/mol. The molecule has 0 fully saturated rings. The molecule has 0 saturated carbocycles. The lowest BCUT2D eigenvalue weighted by atomic mass is 10.3. The number of nitrogens with zero attached hydrogens (tertiary/aromatic N) is 2. The van der Waals surface area contributed by atoms with Gasteiger partial charge in [0.25, 0.3) is 0 Å². The third kappa shape index (κ3) is 1.09. The summed E-state index contributed by atoms with van der Waals surface area (Å²) in [4.78, 5) is 8.36. The Balaban J connectivity index is 1.98. The van der Waals surface area contributed by atoms with E-state index in [-0.39, 0.29) is 12.3 Å². The number of thioether (sulfide) groups is 1. The summed E-state index contributed by atoms with van der Waals surface area (Å²) in [7, 11) is 0. The van der Waals surface area contributed by atoms with E-state index < -0.39 is 0 Å². The topological polar surface area (TPSA) is 34.0 Å². The minimum Gasteiger partial charge on any atom is -0.349 e. The van der Waals surface area contributed by atoms with Crippen LogP contribution in [0, 0.1) is 0 Å². The van der Waals surface area contributed by atoms with Gasteiger partial charge in [-0.15, -0.1) is 11.8 Å². The predicted octanol–water partition coefficient (Wildman–Crippen LogP) is 0.557. The Hall–Kier alpha value is -0.350. The second-order valence-electron chi connectivity index (χ2n) is 2.21. The molecule has 0 aromatic carbocycles. The highest BCUT2D eigenvalue weighted by atomic mass is 32.2. The van der Waals surface area contributed by atoms with Crippen molar-refractivity contribution < 1.29 is 4.74 Å². The zero-order valence-corrected chi connectivity index (χ0v) is 6.25. The highest BCUT2D eigenvalue weighted by Crippen LogP contribution is 2.18. The summed E-state index contributed by atoms with van der Waals surface area (Å²) in [6.45, 7) is 0.654. The number of aliphatic imine (C=N–C) groups is 2. The van der Waals surface area contributed by atoms with E-state index in [1.807, 2.05) is 11.8 Å². The number of rotatable bonds is 1. The summed E-state index contributed by atoms with van der Waals surface area (Å²) >= 11 is 1.72. The molecule has 2 rings (SSSR count). The van der Waals surface area contributed by atoms with Crippen LogP contribution in [0.2, 0.25) is 0 Å². The van der Waals surface area contributed by atoms with Crippen molar-refractivity contribution in [2.45, 2.75) is 12.3 Å². The van der Waals surface area contributed by atoms with Crippen LogP contribution >= 0.6 is 11.8 Å². The molecule has 2 unspecified atom stereocenters. The SMILES string of the molecule is C1=NC(C2N=CCO2)CS1. The smallest absolute Gasteiger partial charge is 0.171 e. The Labute approximate surface area is 63.6 Å². The number of hydrogen-bond donors (Lipinski definition) is 0. The van der Waals surface area contributed by atoms with Crippen molar-refractivity contribution >= 4 is 23.5 Å². The molecule has 0 radical (unpaired) electrons. The molecule has 2 atom stereocenters. The zero-order chi connectivity index (χ0) is 6.81. The normalized spacial score (nSPS) is 37.6. The monoisotopic (exact) mass is 156 g/mol. The van der Waals surface area contributed by atoms with Gasteiger partial charge in [0.05, 0.1) is 12.2 Å². The Bertz CT molecular complexity index is 161. The Morgan fingerprint density at radius 1 is 1.50 bits per heavy atom. The summed E-state index contributed by atoms with van der Waals surface area (Å²) in [5.74, 6) is 1.02. The molecular formula is C6H8N2OS. The summed E-state index contributed by atoms with van der Waals surface area (Å²) in [5, 5.41) is 0. The van der Waals surface area contributed by atoms with Gasteiger partial charge in [0.1, 0.15) is 6.04 Å². The van der Waals surface area contributed by atoms with E-state index in [2.05, 4.69) is 9.98 Å². The van der Waals surface area contributed by atoms with Crippen LogP contribution in [0.1, 0.15) is 0 Å². The number of ether oxygens (including phenoxy) is 1. The highest BCUT2D eigenvalue weighted by molar-refractivity contribution is 8.12. The molecule has 10 heavy (non-hydrogen) atoms. The van der Waals surface area contributed by atoms with Crippen molar-refractivity contribution in [3.05, 3.63) is 0 Å². The van der Waals surface area contributed by atoms with E-state index in [4.69, 9.17) is 4.74 Å². The minimum atomic E-state index is 0.00579. The molecule has 0 bridgehead atoms. The van der Waals surface area contributed by atoms with Gasteiger partial charge in [-0.2, -0.15) is 0 Å². The molecular weight excluding hydrogens is 148 g/mol. The summed E-state index contributed by atoms with van der Waals surface area (Å²) in [6, 6.07) is 0.267. The van der Waals surface area contributed by atoms with Crippen molar-refractivity contribution in [3.8, 4) is 0 Å². The molecule has 0 amide bonds. The molecule has 3 nitrogen and oxygen atoms in total. The van der Waals surface area contributed by atoms with Crippen LogP contribution in [0.5, 0.6) is 0 Å². The van der Waals surface area contributed by atoms with Crippen LogP contribution in [0.15, 0.2) is 9.98 Å². The fourth-order valence-corrected chi connectivity index (χ4v) is 1.78. The average Bonchev–Trinajstić information content (AvgIpc) is 2.59. The fourth-order valence-electron chi connectivity index (χ4n) is 1.00. The van der Waals surface area contributed by atoms with Crippen LogP contribution in [0.25, 0.3) is 0 Å². The lowest BCUT2D eigenvalue weighted by molar-refractivity contribution is 0.0954. The van der Waals surface area contributed by atoms with Gasteiger partial charge in [-0.3, -0.25) is 9.98 Å². The highest BCUT2D eigenvalue weighted by Gasteiger charge is 2.24. The maximum absolute atomic E-state index is 5.29. The molecule has 54 valence electrons. The first-order valence-corrected chi connectivity index (χ1v) is 4.28. The van der Waals surface area contributed by atoms with Crippen molar-refractivity contribution in [2.75, 3.05) is 12.4 Å². The van der Waals surface area contributed by atoms with Crippen LogP contribution < -0.4 is 0 Å². The van der Waals surface area contributed by atoms with Crippen molar-refractivity contribution in [3.63, 3.8) is 0 Å². The molecule has 0 saturated heterocycles. The third-order valence-electron chi connectivity index (χ3n) is 1.52. The van der Waals surface area contributed by atoms with Crippen LogP contribution in [0.3, 0.4) is 0 Å². The lowest BCUT2D eigenvalue weighted by Crippen LogP contribution is -2.22. The van der Waals surface area contributed by atoms with Gasteiger partial charge in [-0.1, -0.05) is 0 Å². The van der Waals surface area contributed by atoms with Gasteiger partial charge in [-0.05, 0) is 0 Å². The van der Waals surface area contributed by atoms with E-state index in [1.165, 1.54) is 0 Å². The molecule has 0 N–H and O–H groups in total. The quantitative estimate of drug-likeness (QED) is 0.555. The van der Waals surface area contributed by atoms with Gasteiger partial charge in [-0.25, -0.2) is 0 Å². The molecule has 0 spiro atoms. The Kier molecular flexibility index (Phi) is 1.73. The molecule has 2 aliphatic heterocycles. The maximum atomic E-state index is 5.29. The summed E-state index contributed by atoms with van der Waals surface area (Å²) in [5.41, 5.74) is 1.88. The minimum absolute atomic E-state index is 0.00579. The zero-order valence-electron chi connectivity index (χ0n) is 5.43. The first-order valence-electron chi connectivity index (χ1n) is 3.23. The maximum Gasteiger partial charge on any atom is 0.171 e. The third-order valence-corrected chi connectivity index (χ3v) is 2.32. The van der Waals surface area contributed by atoms with Gasteiger partial charge in [0.2, 0.25) is 0 Å². The Morgan fingerprint density at radius 2 is 2.50 bits per heavy atom. The van der Waals surface area contributed by atoms with Crippen LogP contribution in [-0.4, -0.2) is 36.4 Å².